The lowest BCUT2D eigenvalue weighted by molar-refractivity contribution is -0.111. The molecule has 0 amide bonds. The third-order valence-electron chi connectivity index (χ3n) is 3.18. The van der Waals surface area contributed by atoms with Gasteiger partial charge in [-0.15, -0.1) is 0 Å². The van der Waals surface area contributed by atoms with Crippen molar-refractivity contribution in [1.82, 2.24) is 0 Å². The van der Waals surface area contributed by atoms with E-state index < -0.39 is 11.6 Å². The molecule has 2 rings (SSSR count). The first kappa shape index (κ1) is 13.9. The van der Waals surface area contributed by atoms with Gasteiger partial charge < -0.3 is 19.3 Å². The molecule has 0 aromatic heterocycles. The normalized spacial score (nSPS) is 13.7. The maximum absolute atomic E-state index is 12.1. The zero-order chi connectivity index (χ0) is 15.0. The topological polar surface area (TPSA) is 82.1 Å². The van der Waals surface area contributed by atoms with E-state index in [1.807, 2.05) is 0 Å². The highest BCUT2D eigenvalue weighted by Gasteiger charge is 2.36. The maximum Gasteiger partial charge on any atom is 0.237 e. The van der Waals surface area contributed by atoms with Crippen LogP contribution in [-0.2, 0) is 4.79 Å². The summed E-state index contributed by atoms with van der Waals surface area (Å²) in [5, 5.41) is 9.98. The Morgan fingerprint density at radius 3 is 1.95 bits per heavy atom. The minimum atomic E-state index is -0.818. The summed E-state index contributed by atoms with van der Waals surface area (Å²) in [6.45, 7) is 1.70. The van der Waals surface area contributed by atoms with Gasteiger partial charge in [0.2, 0.25) is 11.6 Å². The smallest absolute Gasteiger partial charge is 0.237 e. The van der Waals surface area contributed by atoms with E-state index in [-0.39, 0.29) is 28.4 Å². The highest BCUT2D eigenvalue weighted by atomic mass is 16.5. The van der Waals surface area contributed by atoms with Gasteiger partial charge in [0.05, 0.1) is 32.5 Å². The van der Waals surface area contributed by atoms with Crippen LogP contribution in [0.1, 0.15) is 21.5 Å². The van der Waals surface area contributed by atoms with Gasteiger partial charge in [-0.05, 0) is 6.92 Å². The molecule has 106 valence electrons. The zero-order valence-corrected chi connectivity index (χ0v) is 11.6. The second kappa shape index (κ2) is 4.88. The third-order valence-corrected chi connectivity index (χ3v) is 3.18. The van der Waals surface area contributed by atoms with Crippen molar-refractivity contribution in [3.63, 3.8) is 0 Å². The predicted molar refractivity (Wildman–Crippen MR) is 70.8 cm³/mol. The van der Waals surface area contributed by atoms with Crippen molar-refractivity contribution >= 4 is 17.3 Å². The Hall–Kier alpha value is -2.50. The van der Waals surface area contributed by atoms with Crippen molar-refractivity contribution < 1.29 is 28.9 Å². The minimum Gasteiger partial charge on any atom is -0.507 e. The van der Waals surface area contributed by atoms with Gasteiger partial charge in [0.15, 0.2) is 11.5 Å². The fraction of sp³-hybridized carbons (Fsp3) is 0.286. The molecule has 0 fully saturated rings. The summed E-state index contributed by atoms with van der Waals surface area (Å²) in [7, 11) is 4.18. The van der Waals surface area contributed by atoms with Crippen molar-refractivity contribution in [3.8, 4) is 17.2 Å². The van der Waals surface area contributed by atoms with E-state index in [0.29, 0.717) is 11.3 Å². The predicted octanol–water partition coefficient (Wildman–Crippen LogP) is 1.69. The number of benzene rings is 1. The van der Waals surface area contributed by atoms with E-state index in [9.17, 15) is 14.7 Å². The number of allylic oxidation sites excluding steroid dienone is 1. The standard InChI is InChI=1S/C14H14O6/c1-6-12(18-2)9-7(15)5-8(16)11(17)10(9)14(20-4)13(6)19-3/h5,15H,1-4H3. The molecule has 6 nitrogen and oxygen atoms in total. The molecule has 0 saturated heterocycles. The number of Topliss-reactive ketones (excluding diaryl/α,β-unsaturated/α-hetero) is 1. The van der Waals surface area contributed by atoms with Crippen LogP contribution in [0.25, 0.3) is 5.76 Å². The van der Waals surface area contributed by atoms with E-state index in [4.69, 9.17) is 14.2 Å². The number of aliphatic hydroxyl groups is 1. The first-order valence-corrected chi connectivity index (χ1v) is 5.80. The molecule has 6 heteroatoms. The lowest BCUT2D eigenvalue weighted by Gasteiger charge is -2.22. The molecular formula is C14H14O6. The Labute approximate surface area is 115 Å². The molecule has 0 atom stereocenters. The Kier molecular flexibility index (Phi) is 3.40. The number of hydrogen-bond donors (Lipinski definition) is 1. The number of carbonyl (C=O) groups is 2. The van der Waals surface area contributed by atoms with E-state index in [1.165, 1.54) is 21.3 Å². The van der Waals surface area contributed by atoms with E-state index in [0.717, 1.165) is 6.08 Å². The number of carbonyl (C=O) groups excluding carboxylic acids is 2. The van der Waals surface area contributed by atoms with Crippen molar-refractivity contribution in [2.75, 3.05) is 21.3 Å². The average molecular weight is 278 g/mol. The minimum absolute atomic E-state index is 0.0446. The van der Waals surface area contributed by atoms with Crippen LogP contribution in [0.15, 0.2) is 6.08 Å². The largest absolute Gasteiger partial charge is 0.507 e. The van der Waals surface area contributed by atoms with Crippen LogP contribution in [0, 0.1) is 6.92 Å². The summed E-state index contributed by atoms with van der Waals surface area (Å²) in [4.78, 5) is 23.7. The van der Waals surface area contributed by atoms with Gasteiger partial charge in [-0.3, -0.25) is 9.59 Å². The zero-order valence-electron chi connectivity index (χ0n) is 11.6. The summed E-state index contributed by atoms with van der Waals surface area (Å²) in [5.74, 6) is -1.25. The number of rotatable bonds is 3. The quantitative estimate of drug-likeness (QED) is 0.847. The van der Waals surface area contributed by atoms with Gasteiger partial charge in [-0.25, -0.2) is 0 Å². The maximum atomic E-state index is 12.1. The van der Waals surface area contributed by atoms with Gasteiger partial charge in [0.1, 0.15) is 11.5 Å². The van der Waals surface area contributed by atoms with Crippen LogP contribution < -0.4 is 14.2 Å². The van der Waals surface area contributed by atoms with E-state index >= 15 is 0 Å². The number of ketones is 2. The molecule has 1 aromatic rings. The van der Waals surface area contributed by atoms with Gasteiger partial charge in [-0.1, -0.05) is 0 Å². The first-order chi connectivity index (χ1) is 9.47. The molecule has 0 unspecified atom stereocenters. The fourth-order valence-electron chi connectivity index (χ4n) is 2.34. The second-order valence-electron chi connectivity index (χ2n) is 4.20. The van der Waals surface area contributed by atoms with Crippen LogP contribution in [0.3, 0.4) is 0 Å². The molecule has 0 aliphatic heterocycles. The number of ether oxygens (including phenoxy) is 3. The van der Waals surface area contributed by atoms with Crippen molar-refractivity contribution in [1.29, 1.82) is 0 Å². The highest BCUT2D eigenvalue weighted by Crippen LogP contribution is 2.47. The number of methoxy groups -OCH3 is 3. The summed E-state index contributed by atoms with van der Waals surface area (Å²) in [6.07, 6.45) is 0.874. The van der Waals surface area contributed by atoms with Gasteiger partial charge >= 0.3 is 0 Å². The molecular weight excluding hydrogens is 264 g/mol. The van der Waals surface area contributed by atoms with Crippen LogP contribution in [0.4, 0.5) is 0 Å². The molecule has 1 aromatic carbocycles. The summed E-state index contributed by atoms with van der Waals surface area (Å²) >= 11 is 0. The third kappa shape index (κ3) is 1.72. The van der Waals surface area contributed by atoms with Crippen molar-refractivity contribution in [2.24, 2.45) is 0 Å². The molecule has 20 heavy (non-hydrogen) atoms. The van der Waals surface area contributed by atoms with Gasteiger partial charge in [0, 0.05) is 11.6 Å². The van der Waals surface area contributed by atoms with E-state index in [2.05, 4.69) is 0 Å². The molecule has 0 radical (unpaired) electrons. The first-order valence-electron chi connectivity index (χ1n) is 5.80. The molecule has 1 aliphatic rings. The number of hydrogen-bond acceptors (Lipinski definition) is 6. The van der Waals surface area contributed by atoms with Gasteiger partial charge in [0.25, 0.3) is 0 Å². The molecule has 0 saturated carbocycles. The molecule has 0 bridgehead atoms. The summed E-state index contributed by atoms with van der Waals surface area (Å²) in [5.41, 5.74) is 0.664. The second-order valence-corrected chi connectivity index (χ2v) is 4.20. The molecule has 0 heterocycles. The van der Waals surface area contributed by atoms with Crippen LogP contribution in [-0.4, -0.2) is 38.0 Å². The monoisotopic (exact) mass is 278 g/mol. The molecule has 0 spiro atoms. The van der Waals surface area contributed by atoms with Crippen LogP contribution in [0.5, 0.6) is 17.2 Å². The Balaban J connectivity index is 2.98. The Morgan fingerprint density at radius 1 is 0.900 bits per heavy atom. The summed E-state index contributed by atoms with van der Waals surface area (Å²) in [6, 6.07) is 0. The fourth-order valence-corrected chi connectivity index (χ4v) is 2.34. The van der Waals surface area contributed by atoms with Crippen LogP contribution in [0.2, 0.25) is 0 Å². The number of aliphatic hydroxyl groups excluding tert-OH is 1. The van der Waals surface area contributed by atoms with E-state index in [1.54, 1.807) is 6.92 Å². The Morgan fingerprint density at radius 2 is 1.45 bits per heavy atom. The molecule has 1 aliphatic carbocycles. The lowest BCUT2D eigenvalue weighted by Crippen LogP contribution is -2.21. The summed E-state index contributed by atoms with van der Waals surface area (Å²) < 4.78 is 15.7. The SMILES string of the molecule is COc1c(C)c(OC)c2c(c1OC)C(=O)C(=O)C=C2O. The number of fused-ring (bicyclic) bond motifs is 1. The van der Waals surface area contributed by atoms with Crippen molar-refractivity contribution in [2.45, 2.75) is 6.92 Å². The highest BCUT2D eigenvalue weighted by molar-refractivity contribution is 6.51. The Bertz CT molecular complexity index is 642. The van der Waals surface area contributed by atoms with Gasteiger partial charge in [-0.2, -0.15) is 0 Å². The molecule has 1 N–H and O–H groups in total. The average Bonchev–Trinajstić information content (AvgIpc) is 2.43. The van der Waals surface area contributed by atoms with Crippen LogP contribution >= 0.6 is 0 Å². The lowest BCUT2D eigenvalue weighted by atomic mass is 9.89. The van der Waals surface area contributed by atoms with Crippen molar-refractivity contribution in [3.05, 3.63) is 22.8 Å².